The second kappa shape index (κ2) is 6.51. The monoisotopic (exact) mass is 251 g/mol. The fraction of sp³-hybridized carbons (Fsp3) is 0.250. The minimum Gasteiger partial charge on any atom is -0.464 e. The average Bonchev–Trinajstić information content (AvgIpc) is 2.36. The van der Waals surface area contributed by atoms with Crippen molar-refractivity contribution in [2.45, 2.75) is 13.0 Å². The molecule has 1 N–H and O–H groups in total. The number of hydrogen-bond donors (Lipinski definition) is 1. The molecule has 0 radical (unpaired) electrons. The molecule has 0 amide bonds. The van der Waals surface area contributed by atoms with Crippen LogP contribution >= 0.6 is 0 Å². The van der Waals surface area contributed by atoms with Crippen LogP contribution in [0.3, 0.4) is 0 Å². The summed E-state index contributed by atoms with van der Waals surface area (Å²) in [7, 11) is 0. The normalized spacial score (nSPS) is 12.3. The van der Waals surface area contributed by atoms with Crippen LogP contribution < -0.4 is 0 Å². The molecule has 6 heteroatoms. The zero-order valence-corrected chi connectivity index (χ0v) is 9.78. The van der Waals surface area contributed by atoms with E-state index in [1.165, 1.54) is 30.4 Å². The van der Waals surface area contributed by atoms with Crippen molar-refractivity contribution >= 4 is 17.7 Å². The van der Waals surface area contributed by atoms with Crippen LogP contribution in [0.15, 0.2) is 30.3 Å². The van der Waals surface area contributed by atoms with Crippen LogP contribution in [0.25, 0.3) is 6.08 Å². The van der Waals surface area contributed by atoms with E-state index in [1.54, 1.807) is 13.0 Å². The van der Waals surface area contributed by atoms with Crippen molar-refractivity contribution in [1.82, 2.24) is 0 Å². The molecule has 1 rings (SSSR count). The fourth-order valence-corrected chi connectivity index (χ4v) is 1.25. The van der Waals surface area contributed by atoms with Gasteiger partial charge in [-0.1, -0.05) is 18.2 Å². The summed E-state index contributed by atoms with van der Waals surface area (Å²) in [5.41, 5.74) is 0.468. The van der Waals surface area contributed by atoms with Gasteiger partial charge >= 0.3 is 5.97 Å². The largest absolute Gasteiger partial charge is 0.464 e. The van der Waals surface area contributed by atoms with E-state index in [2.05, 4.69) is 4.74 Å². The van der Waals surface area contributed by atoms with Gasteiger partial charge in [0.05, 0.1) is 11.5 Å². The second-order valence-electron chi connectivity index (χ2n) is 3.41. The number of rotatable bonds is 5. The van der Waals surface area contributed by atoms with E-state index in [0.717, 1.165) is 0 Å². The Morgan fingerprint density at radius 1 is 1.61 bits per heavy atom. The predicted molar refractivity (Wildman–Crippen MR) is 64.8 cm³/mol. The van der Waals surface area contributed by atoms with Gasteiger partial charge in [0.2, 0.25) is 0 Å². The summed E-state index contributed by atoms with van der Waals surface area (Å²) in [4.78, 5) is 21.1. The number of nitro benzene ring substituents is 1. The molecule has 0 saturated heterocycles. The van der Waals surface area contributed by atoms with Gasteiger partial charge in [-0.3, -0.25) is 10.1 Å². The summed E-state index contributed by atoms with van der Waals surface area (Å²) < 4.78 is 4.61. The first-order valence-electron chi connectivity index (χ1n) is 5.32. The van der Waals surface area contributed by atoms with Crippen molar-refractivity contribution in [1.29, 1.82) is 0 Å². The smallest absolute Gasteiger partial charge is 0.339 e. The lowest BCUT2D eigenvalue weighted by Crippen LogP contribution is -2.20. The molecule has 0 aliphatic heterocycles. The van der Waals surface area contributed by atoms with Crippen LogP contribution in [0.4, 0.5) is 5.69 Å². The molecule has 0 aliphatic rings. The Labute approximate surface area is 104 Å². The quantitative estimate of drug-likeness (QED) is 0.487. The lowest BCUT2D eigenvalue weighted by atomic mass is 10.1. The van der Waals surface area contributed by atoms with Crippen LogP contribution in [0, 0.1) is 10.1 Å². The third-order valence-electron chi connectivity index (χ3n) is 2.08. The lowest BCUT2D eigenvalue weighted by Gasteiger charge is -2.04. The lowest BCUT2D eigenvalue weighted by molar-refractivity contribution is -0.384. The van der Waals surface area contributed by atoms with Crippen LogP contribution in [0.2, 0.25) is 0 Å². The minimum atomic E-state index is -1.37. The number of benzene rings is 1. The number of carbonyl (C=O) groups is 1. The second-order valence-corrected chi connectivity index (χ2v) is 3.41. The Morgan fingerprint density at radius 3 is 2.94 bits per heavy atom. The highest BCUT2D eigenvalue weighted by atomic mass is 16.6. The van der Waals surface area contributed by atoms with Gasteiger partial charge in [-0.15, -0.1) is 0 Å². The predicted octanol–water partition coefficient (Wildman–Crippen LogP) is 1.53. The number of ether oxygens (including phenoxy) is 1. The Hall–Kier alpha value is -2.21. The highest BCUT2D eigenvalue weighted by Gasteiger charge is 2.12. The maximum Gasteiger partial charge on any atom is 0.339 e. The van der Waals surface area contributed by atoms with Gasteiger partial charge in [0.25, 0.3) is 5.69 Å². The average molecular weight is 251 g/mol. The molecular formula is C12H13NO5. The number of nitrogens with zero attached hydrogens (tertiary/aromatic N) is 1. The maximum atomic E-state index is 11.1. The molecule has 18 heavy (non-hydrogen) atoms. The summed E-state index contributed by atoms with van der Waals surface area (Å²) in [5.74, 6) is -0.751. The molecule has 0 aromatic heterocycles. The van der Waals surface area contributed by atoms with Crippen molar-refractivity contribution in [3.63, 3.8) is 0 Å². The Morgan fingerprint density at radius 2 is 2.33 bits per heavy atom. The van der Waals surface area contributed by atoms with Gasteiger partial charge in [0.1, 0.15) is 0 Å². The third kappa shape index (κ3) is 3.99. The topological polar surface area (TPSA) is 89.7 Å². The number of aliphatic hydroxyl groups is 1. The van der Waals surface area contributed by atoms with E-state index in [9.17, 15) is 20.0 Å². The molecule has 1 atom stereocenters. The molecule has 6 nitrogen and oxygen atoms in total. The number of hydrogen-bond acceptors (Lipinski definition) is 5. The minimum absolute atomic E-state index is 0.0530. The highest BCUT2D eigenvalue weighted by Crippen LogP contribution is 2.14. The van der Waals surface area contributed by atoms with E-state index < -0.39 is 17.0 Å². The van der Waals surface area contributed by atoms with E-state index >= 15 is 0 Å². The highest BCUT2D eigenvalue weighted by molar-refractivity contribution is 5.78. The molecule has 0 aliphatic carbocycles. The van der Waals surface area contributed by atoms with E-state index in [4.69, 9.17) is 0 Å². The molecule has 1 aromatic rings. The SMILES string of the molecule is CCOC(=O)C(O)/C=C/c1cccc([N+](=O)[O-])c1. The summed E-state index contributed by atoms with van der Waals surface area (Å²) in [6.07, 6.45) is 1.27. The third-order valence-corrected chi connectivity index (χ3v) is 2.08. The molecule has 0 bridgehead atoms. The zero-order chi connectivity index (χ0) is 13.5. The van der Waals surface area contributed by atoms with Crippen LogP contribution in [0.1, 0.15) is 12.5 Å². The standard InChI is InChI=1S/C12H13NO5/c1-2-18-12(15)11(14)7-6-9-4-3-5-10(8-9)13(16)17/h3-8,11,14H,2H2,1H3/b7-6+. The van der Waals surface area contributed by atoms with Gasteiger partial charge in [-0.05, 0) is 18.6 Å². The van der Waals surface area contributed by atoms with Crippen molar-refractivity contribution < 1.29 is 19.6 Å². The molecule has 0 fully saturated rings. The van der Waals surface area contributed by atoms with Gasteiger partial charge in [-0.25, -0.2) is 4.79 Å². The molecule has 0 heterocycles. The molecule has 0 saturated carbocycles. The summed E-state index contributed by atoms with van der Waals surface area (Å²) in [5, 5.41) is 19.9. The summed E-state index contributed by atoms with van der Waals surface area (Å²) in [6, 6.07) is 5.85. The summed E-state index contributed by atoms with van der Waals surface area (Å²) >= 11 is 0. The van der Waals surface area contributed by atoms with Crippen molar-refractivity contribution in [2.24, 2.45) is 0 Å². The van der Waals surface area contributed by atoms with E-state index in [-0.39, 0.29) is 12.3 Å². The molecule has 0 spiro atoms. The Bertz CT molecular complexity index is 469. The fourth-order valence-electron chi connectivity index (χ4n) is 1.25. The number of nitro groups is 1. The van der Waals surface area contributed by atoms with Crippen LogP contribution in [0.5, 0.6) is 0 Å². The van der Waals surface area contributed by atoms with Crippen molar-refractivity contribution in [3.05, 3.63) is 46.0 Å². The molecule has 1 aromatic carbocycles. The first kappa shape index (κ1) is 13.9. The van der Waals surface area contributed by atoms with E-state index in [1.807, 2.05) is 0 Å². The first-order chi connectivity index (χ1) is 8.54. The summed E-state index contributed by atoms with van der Waals surface area (Å²) in [6.45, 7) is 1.81. The number of carbonyl (C=O) groups excluding carboxylic acids is 1. The van der Waals surface area contributed by atoms with Gasteiger partial charge in [0.15, 0.2) is 6.10 Å². The van der Waals surface area contributed by atoms with Crippen LogP contribution in [-0.2, 0) is 9.53 Å². The van der Waals surface area contributed by atoms with Crippen molar-refractivity contribution in [2.75, 3.05) is 6.61 Å². The van der Waals surface area contributed by atoms with Gasteiger partial charge in [0, 0.05) is 12.1 Å². The number of aliphatic hydroxyl groups excluding tert-OH is 1. The van der Waals surface area contributed by atoms with Gasteiger partial charge in [-0.2, -0.15) is 0 Å². The molecule has 1 unspecified atom stereocenters. The number of non-ortho nitro benzene ring substituents is 1. The first-order valence-corrected chi connectivity index (χ1v) is 5.32. The van der Waals surface area contributed by atoms with E-state index in [0.29, 0.717) is 5.56 Å². The molecular weight excluding hydrogens is 238 g/mol. The molecule has 96 valence electrons. The number of esters is 1. The van der Waals surface area contributed by atoms with Crippen molar-refractivity contribution in [3.8, 4) is 0 Å². The van der Waals surface area contributed by atoms with Gasteiger partial charge < -0.3 is 9.84 Å². The zero-order valence-electron chi connectivity index (χ0n) is 9.78. The Kier molecular flexibility index (Phi) is 5.01. The Balaban J connectivity index is 2.75. The maximum absolute atomic E-state index is 11.1. The van der Waals surface area contributed by atoms with Crippen LogP contribution in [-0.4, -0.2) is 28.7 Å².